The molecule has 0 spiro atoms. The Morgan fingerprint density at radius 3 is 2.47 bits per heavy atom. The fourth-order valence-electron chi connectivity index (χ4n) is 1.40. The molecule has 0 aromatic heterocycles. The first-order chi connectivity index (χ1) is 9.08. The molecular weight excluding hydrogens is 254 g/mol. The molecule has 3 nitrogen and oxygen atoms in total. The highest BCUT2D eigenvalue weighted by molar-refractivity contribution is 5.87. The van der Waals surface area contributed by atoms with Gasteiger partial charge in [0.15, 0.2) is 17.4 Å². The lowest BCUT2D eigenvalue weighted by molar-refractivity contribution is -0.137. The van der Waals surface area contributed by atoms with Gasteiger partial charge in [0.25, 0.3) is 0 Å². The monoisotopic (exact) mass is 270 g/mol. The van der Waals surface area contributed by atoms with E-state index < -0.39 is 23.4 Å². The first kappa shape index (κ1) is 15.1. The number of carbonyl (C=O) groups is 1. The summed E-state index contributed by atoms with van der Waals surface area (Å²) >= 11 is 0. The molecule has 0 radical (unpaired) electrons. The van der Waals surface area contributed by atoms with Crippen LogP contribution in [0.15, 0.2) is 18.2 Å². The fourth-order valence-corrected chi connectivity index (χ4v) is 1.40. The Bertz CT molecular complexity index is 447. The average molecular weight is 270 g/mol. The zero-order valence-electron chi connectivity index (χ0n) is 10.9. The molecule has 0 aliphatic heterocycles. The maximum absolute atomic E-state index is 13.4. The van der Waals surface area contributed by atoms with Gasteiger partial charge in [-0.25, -0.2) is 13.6 Å². The lowest BCUT2D eigenvalue weighted by Crippen LogP contribution is -2.01. The summed E-state index contributed by atoms with van der Waals surface area (Å²) in [4.78, 5) is 11.3. The van der Waals surface area contributed by atoms with Crippen LogP contribution in [0.3, 0.4) is 0 Å². The number of methoxy groups -OCH3 is 1. The molecule has 0 saturated carbocycles. The van der Waals surface area contributed by atoms with Gasteiger partial charge in [-0.3, -0.25) is 0 Å². The zero-order valence-corrected chi connectivity index (χ0v) is 10.9. The molecule has 19 heavy (non-hydrogen) atoms. The standard InChI is InChI=1S/C14H16F2O3/c1-3-4-7-19-13(17)6-5-10-8-11(15)14(18-2)12(16)9-10/h5-6,8-9H,3-4,7H2,1-2H3. The van der Waals surface area contributed by atoms with Gasteiger partial charge in [0.1, 0.15) is 0 Å². The molecule has 1 aromatic carbocycles. The van der Waals surface area contributed by atoms with Crippen molar-refractivity contribution in [3.63, 3.8) is 0 Å². The minimum Gasteiger partial charge on any atom is -0.491 e. The Kier molecular flexibility index (Phi) is 5.99. The second-order valence-corrected chi connectivity index (χ2v) is 3.87. The van der Waals surface area contributed by atoms with Gasteiger partial charge < -0.3 is 9.47 Å². The van der Waals surface area contributed by atoms with Crippen LogP contribution in [-0.4, -0.2) is 19.7 Å². The van der Waals surface area contributed by atoms with Crippen molar-refractivity contribution in [1.29, 1.82) is 0 Å². The van der Waals surface area contributed by atoms with Crippen molar-refractivity contribution in [2.75, 3.05) is 13.7 Å². The molecule has 0 heterocycles. The third kappa shape index (κ3) is 4.69. The Morgan fingerprint density at radius 2 is 1.95 bits per heavy atom. The number of benzene rings is 1. The molecule has 0 saturated heterocycles. The normalized spacial score (nSPS) is 10.7. The Labute approximate surface area is 110 Å². The van der Waals surface area contributed by atoms with Crippen molar-refractivity contribution in [3.8, 4) is 5.75 Å². The molecule has 0 aliphatic rings. The summed E-state index contributed by atoms with van der Waals surface area (Å²) in [5.41, 5.74) is 0.225. The van der Waals surface area contributed by atoms with E-state index in [1.54, 1.807) is 0 Å². The minimum absolute atomic E-state index is 0.225. The van der Waals surface area contributed by atoms with Gasteiger partial charge in [-0.15, -0.1) is 0 Å². The van der Waals surface area contributed by atoms with Gasteiger partial charge in [0.05, 0.1) is 13.7 Å². The van der Waals surface area contributed by atoms with E-state index in [4.69, 9.17) is 4.74 Å². The van der Waals surface area contributed by atoms with E-state index in [-0.39, 0.29) is 5.56 Å². The molecule has 5 heteroatoms. The lowest BCUT2D eigenvalue weighted by atomic mass is 10.2. The van der Waals surface area contributed by atoms with E-state index in [1.807, 2.05) is 6.92 Å². The lowest BCUT2D eigenvalue weighted by Gasteiger charge is -2.04. The highest BCUT2D eigenvalue weighted by Gasteiger charge is 2.10. The smallest absolute Gasteiger partial charge is 0.330 e. The molecule has 0 amide bonds. The van der Waals surface area contributed by atoms with Crippen LogP contribution in [0.4, 0.5) is 8.78 Å². The van der Waals surface area contributed by atoms with Crippen LogP contribution in [0, 0.1) is 11.6 Å². The molecule has 0 N–H and O–H groups in total. The summed E-state index contributed by atoms with van der Waals surface area (Å²) < 4.78 is 36.2. The van der Waals surface area contributed by atoms with E-state index in [0.29, 0.717) is 6.61 Å². The molecular formula is C14H16F2O3. The van der Waals surface area contributed by atoms with E-state index in [0.717, 1.165) is 31.1 Å². The van der Waals surface area contributed by atoms with Gasteiger partial charge in [-0.2, -0.15) is 0 Å². The van der Waals surface area contributed by atoms with Gasteiger partial charge in [0, 0.05) is 6.08 Å². The van der Waals surface area contributed by atoms with Crippen molar-refractivity contribution >= 4 is 12.0 Å². The summed E-state index contributed by atoms with van der Waals surface area (Å²) in [6, 6.07) is 2.16. The predicted molar refractivity (Wildman–Crippen MR) is 67.8 cm³/mol. The molecule has 104 valence electrons. The topological polar surface area (TPSA) is 35.5 Å². The number of hydrogen-bond acceptors (Lipinski definition) is 3. The molecule has 1 rings (SSSR count). The summed E-state index contributed by atoms with van der Waals surface area (Å²) in [7, 11) is 1.18. The predicted octanol–water partition coefficient (Wildman–Crippen LogP) is 3.33. The quantitative estimate of drug-likeness (QED) is 0.452. The molecule has 0 bridgehead atoms. The summed E-state index contributed by atoms with van der Waals surface area (Å²) in [6.07, 6.45) is 4.13. The number of unbranched alkanes of at least 4 members (excludes halogenated alkanes) is 1. The number of rotatable bonds is 6. The van der Waals surface area contributed by atoms with Crippen LogP contribution >= 0.6 is 0 Å². The van der Waals surface area contributed by atoms with Crippen LogP contribution in [0.5, 0.6) is 5.75 Å². The van der Waals surface area contributed by atoms with Crippen molar-refractivity contribution in [2.24, 2.45) is 0 Å². The highest BCUT2D eigenvalue weighted by Crippen LogP contribution is 2.23. The number of hydrogen-bond donors (Lipinski definition) is 0. The molecule has 0 fully saturated rings. The maximum Gasteiger partial charge on any atom is 0.330 e. The van der Waals surface area contributed by atoms with Crippen molar-refractivity contribution in [3.05, 3.63) is 35.4 Å². The Morgan fingerprint density at radius 1 is 1.32 bits per heavy atom. The van der Waals surface area contributed by atoms with Gasteiger partial charge in [-0.1, -0.05) is 13.3 Å². The Hall–Kier alpha value is -1.91. The number of esters is 1. The largest absolute Gasteiger partial charge is 0.491 e. The van der Waals surface area contributed by atoms with Gasteiger partial charge >= 0.3 is 5.97 Å². The second-order valence-electron chi connectivity index (χ2n) is 3.87. The van der Waals surface area contributed by atoms with Crippen molar-refractivity contribution in [1.82, 2.24) is 0 Å². The minimum atomic E-state index is -0.818. The van der Waals surface area contributed by atoms with Crippen molar-refractivity contribution < 1.29 is 23.0 Å². The SMILES string of the molecule is CCCCOC(=O)C=Cc1cc(F)c(OC)c(F)c1. The summed E-state index contributed by atoms with van der Waals surface area (Å²) in [5.74, 6) is -2.62. The van der Waals surface area contributed by atoms with Gasteiger partial charge in [0.2, 0.25) is 0 Å². The van der Waals surface area contributed by atoms with Crippen LogP contribution < -0.4 is 4.74 Å². The van der Waals surface area contributed by atoms with E-state index in [2.05, 4.69) is 4.74 Å². The van der Waals surface area contributed by atoms with E-state index >= 15 is 0 Å². The molecule has 0 aliphatic carbocycles. The third-order valence-electron chi connectivity index (χ3n) is 2.38. The van der Waals surface area contributed by atoms with E-state index in [1.165, 1.54) is 13.2 Å². The highest BCUT2D eigenvalue weighted by atomic mass is 19.1. The number of carbonyl (C=O) groups excluding carboxylic acids is 1. The first-order valence-electron chi connectivity index (χ1n) is 5.96. The molecule has 0 atom stereocenters. The fraction of sp³-hybridized carbons (Fsp3) is 0.357. The van der Waals surface area contributed by atoms with Crippen LogP contribution in [0.2, 0.25) is 0 Å². The number of ether oxygens (including phenoxy) is 2. The molecule has 0 unspecified atom stereocenters. The second kappa shape index (κ2) is 7.51. The van der Waals surface area contributed by atoms with E-state index in [9.17, 15) is 13.6 Å². The van der Waals surface area contributed by atoms with Gasteiger partial charge in [-0.05, 0) is 30.2 Å². The van der Waals surface area contributed by atoms with Crippen LogP contribution in [0.1, 0.15) is 25.3 Å². The summed E-state index contributed by atoms with van der Waals surface area (Å²) in [5, 5.41) is 0. The van der Waals surface area contributed by atoms with Crippen LogP contribution in [-0.2, 0) is 9.53 Å². The van der Waals surface area contributed by atoms with Crippen LogP contribution in [0.25, 0.3) is 6.08 Å². The average Bonchev–Trinajstić information content (AvgIpc) is 2.36. The Balaban J connectivity index is 2.69. The zero-order chi connectivity index (χ0) is 14.3. The van der Waals surface area contributed by atoms with Crippen molar-refractivity contribution in [2.45, 2.75) is 19.8 Å². The molecule has 1 aromatic rings. The third-order valence-corrected chi connectivity index (χ3v) is 2.38. The maximum atomic E-state index is 13.4. The summed E-state index contributed by atoms with van der Waals surface area (Å²) in [6.45, 7) is 2.32. The number of halogens is 2. The first-order valence-corrected chi connectivity index (χ1v) is 5.96.